The van der Waals surface area contributed by atoms with Crippen molar-refractivity contribution in [3.63, 3.8) is 0 Å². The lowest BCUT2D eigenvalue weighted by molar-refractivity contribution is -0.117. The number of benzene rings is 2. The Hall–Kier alpha value is -4.76. The molecule has 0 aliphatic carbocycles. The molecule has 2 heterocycles. The summed E-state index contributed by atoms with van der Waals surface area (Å²) >= 11 is 1.42. The molecular formula is C26H19N3O5S. The van der Waals surface area contributed by atoms with Gasteiger partial charge in [0.25, 0.3) is 11.8 Å². The molecular weight excluding hydrogens is 466 g/mol. The molecule has 0 atom stereocenters. The van der Waals surface area contributed by atoms with Crippen LogP contribution in [0.3, 0.4) is 0 Å². The van der Waals surface area contributed by atoms with E-state index in [4.69, 9.17) is 9.15 Å². The van der Waals surface area contributed by atoms with Gasteiger partial charge in [-0.3, -0.25) is 9.59 Å². The molecule has 2 aromatic carbocycles. The topological polar surface area (TPSA) is 110 Å². The molecule has 4 aromatic rings. The molecule has 0 aliphatic heterocycles. The predicted octanol–water partition coefficient (Wildman–Crippen LogP) is 4.48. The van der Waals surface area contributed by atoms with Crippen LogP contribution in [-0.2, 0) is 4.79 Å². The van der Waals surface area contributed by atoms with Gasteiger partial charge in [-0.15, -0.1) is 11.3 Å². The largest absolute Gasteiger partial charge is 0.457 e. The van der Waals surface area contributed by atoms with Crippen molar-refractivity contribution in [2.75, 3.05) is 0 Å². The highest BCUT2D eigenvalue weighted by molar-refractivity contribution is 7.10. The average Bonchev–Trinajstić information content (AvgIpc) is 3.59. The predicted molar refractivity (Wildman–Crippen MR) is 132 cm³/mol. The Morgan fingerprint density at radius 1 is 0.943 bits per heavy atom. The zero-order valence-electron chi connectivity index (χ0n) is 18.2. The third-order valence-electron chi connectivity index (χ3n) is 4.53. The maximum Gasteiger partial charge on any atom is 0.379 e. The van der Waals surface area contributed by atoms with Crippen molar-refractivity contribution in [1.82, 2.24) is 10.7 Å². The number of amides is 2. The van der Waals surface area contributed by atoms with Crippen molar-refractivity contribution >= 4 is 41.4 Å². The molecule has 0 fully saturated rings. The van der Waals surface area contributed by atoms with Crippen LogP contribution in [0, 0.1) is 0 Å². The van der Waals surface area contributed by atoms with Crippen molar-refractivity contribution in [2.45, 2.75) is 0 Å². The second kappa shape index (κ2) is 11.4. The monoisotopic (exact) mass is 485 g/mol. The second-order valence-electron chi connectivity index (χ2n) is 7.03. The number of hydrogen-bond acceptors (Lipinski definition) is 7. The van der Waals surface area contributed by atoms with E-state index in [0.29, 0.717) is 11.1 Å². The summed E-state index contributed by atoms with van der Waals surface area (Å²) < 4.78 is 10.3. The minimum atomic E-state index is -0.630. The zero-order chi connectivity index (χ0) is 24.5. The highest BCUT2D eigenvalue weighted by Crippen LogP contribution is 2.15. The number of ether oxygens (including phenoxy) is 1. The van der Waals surface area contributed by atoms with E-state index in [-0.39, 0.29) is 17.2 Å². The molecule has 2 N–H and O–H groups in total. The molecule has 35 heavy (non-hydrogen) atoms. The molecule has 4 rings (SSSR count). The van der Waals surface area contributed by atoms with E-state index in [1.807, 2.05) is 17.5 Å². The molecule has 8 nitrogen and oxygen atoms in total. The van der Waals surface area contributed by atoms with Gasteiger partial charge in [0, 0.05) is 10.4 Å². The summed E-state index contributed by atoms with van der Waals surface area (Å²) in [5.41, 5.74) is 3.45. The summed E-state index contributed by atoms with van der Waals surface area (Å²) in [4.78, 5) is 38.2. The average molecular weight is 486 g/mol. The summed E-state index contributed by atoms with van der Waals surface area (Å²) in [6, 6.07) is 21.9. The number of nitrogens with zero attached hydrogens (tertiary/aromatic N) is 1. The fraction of sp³-hybridized carbons (Fsp3) is 0. The van der Waals surface area contributed by atoms with Crippen molar-refractivity contribution in [2.24, 2.45) is 5.10 Å². The van der Waals surface area contributed by atoms with Gasteiger partial charge < -0.3 is 14.5 Å². The lowest BCUT2D eigenvalue weighted by atomic mass is 10.2. The van der Waals surface area contributed by atoms with Crippen LogP contribution in [-0.4, -0.2) is 24.0 Å². The number of carbonyl (C=O) groups is 3. The Morgan fingerprint density at radius 2 is 1.80 bits per heavy atom. The van der Waals surface area contributed by atoms with E-state index in [2.05, 4.69) is 15.8 Å². The van der Waals surface area contributed by atoms with Gasteiger partial charge in [0.2, 0.25) is 5.76 Å². The molecule has 2 amide bonds. The van der Waals surface area contributed by atoms with Gasteiger partial charge in [0.15, 0.2) is 0 Å². The summed E-state index contributed by atoms with van der Waals surface area (Å²) in [5, 5.41) is 8.48. The molecule has 0 radical (unpaired) electrons. The highest BCUT2D eigenvalue weighted by Gasteiger charge is 2.15. The van der Waals surface area contributed by atoms with Gasteiger partial charge in [0.1, 0.15) is 11.4 Å². The van der Waals surface area contributed by atoms with Gasteiger partial charge in [-0.1, -0.05) is 36.4 Å². The molecule has 0 saturated heterocycles. The van der Waals surface area contributed by atoms with Crippen LogP contribution in [0.15, 0.2) is 106 Å². The number of hydrogen-bond donors (Lipinski definition) is 2. The standard InChI is InChI=1S/C26H19N3O5S/c30-24(19-8-2-1-3-9-19)28-22(16-21-11-6-14-35-21)25(31)29-27-17-18-7-4-10-20(15-18)34-26(32)23-12-5-13-33-23/h1-17H,(H,28,30)(H,29,31). The Labute approximate surface area is 204 Å². The molecule has 2 aromatic heterocycles. The van der Waals surface area contributed by atoms with E-state index >= 15 is 0 Å². The molecule has 174 valence electrons. The van der Waals surface area contributed by atoms with Crippen LogP contribution < -0.4 is 15.5 Å². The van der Waals surface area contributed by atoms with Crippen LogP contribution >= 0.6 is 11.3 Å². The second-order valence-corrected chi connectivity index (χ2v) is 8.01. The van der Waals surface area contributed by atoms with Crippen molar-refractivity contribution < 1.29 is 23.5 Å². The van der Waals surface area contributed by atoms with Gasteiger partial charge >= 0.3 is 5.97 Å². The minimum absolute atomic E-state index is 0.0413. The van der Waals surface area contributed by atoms with Crippen LogP contribution in [0.1, 0.15) is 31.4 Å². The molecule has 0 saturated carbocycles. The number of nitrogens with one attached hydrogen (secondary N) is 2. The SMILES string of the molecule is O=C(NN=Cc1cccc(OC(=O)c2ccco2)c1)C(=Cc1cccs1)NC(=O)c1ccccc1. The summed E-state index contributed by atoms with van der Waals surface area (Å²) in [6.45, 7) is 0. The van der Waals surface area contributed by atoms with Crippen LogP contribution in [0.25, 0.3) is 6.08 Å². The Kier molecular flexibility index (Phi) is 7.62. The van der Waals surface area contributed by atoms with E-state index < -0.39 is 17.8 Å². The highest BCUT2D eigenvalue weighted by atomic mass is 32.1. The van der Waals surface area contributed by atoms with Gasteiger partial charge in [-0.05, 0) is 59.5 Å². The molecule has 0 unspecified atom stereocenters. The van der Waals surface area contributed by atoms with Crippen molar-refractivity contribution in [1.29, 1.82) is 0 Å². The number of hydrazone groups is 1. The minimum Gasteiger partial charge on any atom is -0.457 e. The van der Waals surface area contributed by atoms with Crippen LogP contribution in [0.5, 0.6) is 5.75 Å². The Bertz CT molecular complexity index is 1360. The molecule has 9 heteroatoms. The molecule has 0 spiro atoms. The van der Waals surface area contributed by atoms with Crippen molar-refractivity contribution in [3.8, 4) is 5.75 Å². The van der Waals surface area contributed by atoms with Gasteiger partial charge in [-0.2, -0.15) is 5.10 Å². The van der Waals surface area contributed by atoms with Crippen LogP contribution in [0.2, 0.25) is 0 Å². The lowest BCUT2D eigenvalue weighted by Crippen LogP contribution is -2.32. The first-order chi connectivity index (χ1) is 17.1. The van der Waals surface area contributed by atoms with Crippen molar-refractivity contribution in [3.05, 3.63) is 118 Å². The van der Waals surface area contributed by atoms with E-state index in [1.165, 1.54) is 29.9 Å². The van der Waals surface area contributed by atoms with E-state index in [9.17, 15) is 14.4 Å². The number of thiophene rings is 1. The quantitative estimate of drug-likeness (QED) is 0.126. The molecule has 0 aliphatic rings. The number of esters is 1. The Balaban J connectivity index is 1.43. The zero-order valence-corrected chi connectivity index (χ0v) is 19.0. The maximum absolute atomic E-state index is 12.8. The number of rotatable bonds is 8. The number of carbonyl (C=O) groups excluding carboxylic acids is 3. The first-order valence-electron chi connectivity index (χ1n) is 10.4. The first-order valence-corrected chi connectivity index (χ1v) is 11.3. The molecule has 0 bridgehead atoms. The third-order valence-corrected chi connectivity index (χ3v) is 5.35. The third kappa shape index (κ3) is 6.62. The van der Waals surface area contributed by atoms with E-state index in [0.717, 1.165) is 4.88 Å². The lowest BCUT2D eigenvalue weighted by Gasteiger charge is -2.08. The first kappa shape index (κ1) is 23.4. The normalized spacial score (nSPS) is 11.3. The van der Waals surface area contributed by atoms with Gasteiger partial charge in [-0.25, -0.2) is 10.2 Å². The smallest absolute Gasteiger partial charge is 0.379 e. The summed E-state index contributed by atoms with van der Waals surface area (Å²) in [7, 11) is 0. The van der Waals surface area contributed by atoms with Crippen LogP contribution in [0.4, 0.5) is 0 Å². The number of furan rings is 1. The Morgan fingerprint density at radius 3 is 2.54 bits per heavy atom. The summed E-state index contributed by atoms with van der Waals surface area (Å²) in [5.74, 6) is -1.28. The van der Waals surface area contributed by atoms with E-state index in [1.54, 1.807) is 66.7 Å². The van der Waals surface area contributed by atoms with Gasteiger partial charge in [0.05, 0.1) is 12.5 Å². The maximum atomic E-state index is 12.8. The fourth-order valence-electron chi connectivity index (χ4n) is 2.89. The summed E-state index contributed by atoms with van der Waals surface area (Å²) in [6.07, 6.45) is 4.35. The fourth-order valence-corrected chi connectivity index (χ4v) is 3.55.